The normalized spacial score (nSPS) is 11.6. The summed E-state index contributed by atoms with van der Waals surface area (Å²) in [4.78, 5) is 0. The fraction of sp³-hybridized carbons (Fsp3) is 0.100. The van der Waals surface area contributed by atoms with Crippen molar-refractivity contribution in [3.05, 3.63) is 84.1 Å². The summed E-state index contributed by atoms with van der Waals surface area (Å²) in [5.41, 5.74) is 16.2. The highest BCUT2D eigenvalue weighted by atomic mass is 15.2. The minimum atomic E-state index is 0.587. The number of hydrazine groups is 1. The molecule has 0 saturated carbocycles. The number of benzene rings is 2. The standard InChI is InChI=1S/C20H23N3/c1-13(2)15-5-7-16(8-6-15)17-9-11-18(12-10-17)19(21)20(23-22)14(3)4/h5-12,23H,1,3,21-22H2,2,4H3/b20-19-. The summed E-state index contributed by atoms with van der Waals surface area (Å²) in [5.74, 6) is 5.52. The zero-order chi connectivity index (χ0) is 17.0. The van der Waals surface area contributed by atoms with Crippen molar-refractivity contribution in [2.45, 2.75) is 13.8 Å². The molecule has 0 unspecified atom stereocenters. The van der Waals surface area contributed by atoms with Gasteiger partial charge in [-0.1, -0.05) is 67.3 Å². The van der Waals surface area contributed by atoms with Gasteiger partial charge in [0.2, 0.25) is 0 Å². The van der Waals surface area contributed by atoms with Gasteiger partial charge in [-0.25, -0.2) is 0 Å². The zero-order valence-corrected chi connectivity index (χ0v) is 13.7. The van der Waals surface area contributed by atoms with Crippen LogP contribution in [0.25, 0.3) is 22.4 Å². The summed E-state index contributed by atoms with van der Waals surface area (Å²) in [6, 6.07) is 16.4. The molecule has 0 amide bonds. The second-order valence-electron chi connectivity index (χ2n) is 5.65. The number of hydrogen-bond acceptors (Lipinski definition) is 3. The molecule has 3 nitrogen and oxygen atoms in total. The average Bonchev–Trinajstić information content (AvgIpc) is 2.55. The van der Waals surface area contributed by atoms with E-state index in [2.05, 4.69) is 42.8 Å². The smallest absolute Gasteiger partial charge is 0.0745 e. The molecule has 2 aromatic rings. The van der Waals surface area contributed by atoms with Gasteiger partial charge in [0.15, 0.2) is 0 Å². The molecule has 0 aliphatic heterocycles. The fourth-order valence-corrected chi connectivity index (χ4v) is 2.36. The van der Waals surface area contributed by atoms with E-state index in [9.17, 15) is 0 Å². The Bertz CT molecular complexity index is 750. The van der Waals surface area contributed by atoms with E-state index in [1.54, 1.807) is 0 Å². The second kappa shape index (κ2) is 6.99. The molecule has 0 radical (unpaired) electrons. The van der Waals surface area contributed by atoms with Gasteiger partial charge in [0.1, 0.15) is 0 Å². The van der Waals surface area contributed by atoms with Crippen LogP contribution in [0.2, 0.25) is 0 Å². The molecular weight excluding hydrogens is 282 g/mol. The SMILES string of the molecule is C=C(C)/C(NN)=C(/N)c1ccc(-c2ccc(C(=C)C)cc2)cc1. The van der Waals surface area contributed by atoms with Gasteiger partial charge in [-0.3, -0.25) is 5.84 Å². The van der Waals surface area contributed by atoms with Crippen LogP contribution in [-0.4, -0.2) is 0 Å². The van der Waals surface area contributed by atoms with Crippen LogP contribution in [-0.2, 0) is 0 Å². The van der Waals surface area contributed by atoms with Crippen LogP contribution in [0.1, 0.15) is 25.0 Å². The minimum Gasteiger partial charge on any atom is -0.397 e. The number of nitrogens with two attached hydrogens (primary N) is 2. The Kier molecular flexibility index (Phi) is 5.04. The molecule has 118 valence electrons. The Hall–Kier alpha value is -2.78. The van der Waals surface area contributed by atoms with Crippen LogP contribution in [0.15, 0.2) is 73.0 Å². The van der Waals surface area contributed by atoms with E-state index in [4.69, 9.17) is 11.6 Å². The molecular formula is C20H23N3. The summed E-state index contributed by atoms with van der Waals surface area (Å²) in [7, 11) is 0. The largest absolute Gasteiger partial charge is 0.397 e. The molecule has 0 fully saturated rings. The summed E-state index contributed by atoms with van der Waals surface area (Å²) in [6.07, 6.45) is 0. The first-order valence-electron chi connectivity index (χ1n) is 7.43. The molecule has 0 saturated heterocycles. The van der Waals surface area contributed by atoms with E-state index in [1.165, 1.54) is 0 Å². The lowest BCUT2D eigenvalue weighted by atomic mass is 9.99. The van der Waals surface area contributed by atoms with E-state index >= 15 is 0 Å². The van der Waals surface area contributed by atoms with Gasteiger partial charge in [0.25, 0.3) is 0 Å². The number of rotatable bonds is 5. The lowest BCUT2D eigenvalue weighted by Gasteiger charge is -2.12. The van der Waals surface area contributed by atoms with E-state index < -0.39 is 0 Å². The van der Waals surface area contributed by atoms with Crippen LogP contribution >= 0.6 is 0 Å². The number of hydrogen-bond donors (Lipinski definition) is 3. The molecule has 0 aliphatic rings. The van der Waals surface area contributed by atoms with Crippen molar-refractivity contribution in [3.63, 3.8) is 0 Å². The van der Waals surface area contributed by atoms with Crippen LogP contribution in [0.4, 0.5) is 0 Å². The van der Waals surface area contributed by atoms with Crippen molar-refractivity contribution in [1.82, 2.24) is 5.43 Å². The summed E-state index contributed by atoms with van der Waals surface area (Å²) in [6.45, 7) is 11.7. The van der Waals surface area contributed by atoms with Crippen LogP contribution in [0.3, 0.4) is 0 Å². The Balaban J connectivity index is 2.32. The molecule has 0 aromatic heterocycles. The van der Waals surface area contributed by atoms with Crippen molar-refractivity contribution < 1.29 is 0 Å². The van der Waals surface area contributed by atoms with E-state index in [1.807, 2.05) is 38.1 Å². The molecule has 3 heteroatoms. The lowest BCUT2D eigenvalue weighted by Crippen LogP contribution is -2.24. The third-order valence-electron chi connectivity index (χ3n) is 3.75. The topological polar surface area (TPSA) is 64.1 Å². The number of nitrogens with one attached hydrogen (secondary N) is 1. The maximum Gasteiger partial charge on any atom is 0.0745 e. The Labute approximate surface area is 138 Å². The molecule has 2 rings (SSSR count). The van der Waals surface area contributed by atoms with E-state index in [0.717, 1.165) is 33.4 Å². The van der Waals surface area contributed by atoms with Crippen molar-refractivity contribution in [2.75, 3.05) is 0 Å². The third-order valence-corrected chi connectivity index (χ3v) is 3.75. The maximum absolute atomic E-state index is 6.16. The highest BCUT2D eigenvalue weighted by molar-refractivity contribution is 5.73. The van der Waals surface area contributed by atoms with Crippen molar-refractivity contribution in [3.8, 4) is 11.1 Å². The second-order valence-corrected chi connectivity index (χ2v) is 5.65. The summed E-state index contributed by atoms with van der Waals surface area (Å²) < 4.78 is 0. The molecule has 0 aliphatic carbocycles. The summed E-state index contributed by atoms with van der Waals surface area (Å²) in [5, 5.41) is 0. The first kappa shape index (κ1) is 16.6. The highest BCUT2D eigenvalue weighted by Gasteiger charge is 2.06. The quantitative estimate of drug-likeness (QED) is 0.443. The molecule has 5 N–H and O–H groups in total. The van der Waals surface area contributed by atoms with Gasteiger partial charge in [-0.05, 0) is 41.7 Å². The van der Waals surface area contributed by atoms with Gasteiger partial charge in [0, 0.05) is 0 Å². The Morgan fingerprint density at radius 2 is 1.26 bits per heavy atom. The van der Waals surface area contributed by atoms with Gasteiger partial charge < -0.3 is 11.2 Å². The van der Waals surface area contributed by atoms with Crippen LogP contribution in [0.5, 0.6) is 0 Å². The average molecular weight is 305 g/mol. The maximum atomic E-state index is 6.16. The van der Waals surface area contributed by atoms with Gasteiger partial charge in [-0.2, -0.15) is 0 Å². The van der Waals surface area contributed by atoms with Gasteiger partial charge in [-0.15, -0.1) is 0 Å². The molecule has 0 atom stereocenters. The first-order valence-corrected chi connectivity index (χ1v) is 7.43. The lowest BCUT2D eigenvalue weighted by molar-refractivity contribution is 0.896. The predicted molar refractivity (Wildman–Crippen MR) is 99.8 cm³/mol. The van der Waals surface area contributed by atoms with Crippen molar-refractivity contribution >= 4 is 11.3 Å². The zero-order valence-electron chi connectivity index (χ0n) is 13.7. The summed E-state index contributed by atoms with van der Waals surface area (Å²) >= 11 is 0. The van der Waals surface area contributed by atoms with Crippen LogP contribution in [0, 0.1) is 0 Å². The van der Waals surface area contributed by atoms with E-state index in [0.29, 0.717) is 11.4 Å². The first-order chi connectivity index (χ1) is 10.9. The Morgan fingerprint density at radius 3 is 1.61 bits per heavy atom. The van der Waals surface area contributed by atoms with Crippen molar-refractivity contribution in [1.29, 1.82) is 0 Å². The highest BCUT2D eigenvalue weighted by Crippen LogP contribution is 2.24. The van der Waals surface area contributed by atoms with Gasteiger partial charge >= 0.3 is 0 Å². The molecule has 0 spiro atoms. The van der Waals surface area contributed by atoms with Crippen LogP contribution < -0.4 is 17.0 Å². The van der Waals surface area contributed by atoms with E-state index in [-0.39, 0.29) is 0 Å². The monoisotopic (exact) mass is 305 g/mol. The molecule has 0 bridgehead atoms. The van der Waals surface area contributed by atoms with Gasteiger partial charge in [0.05, 0.1) is 11.4 Å². The third kappa shape index (κ3) is 3.71. The fourth-order valence-electron chi connectivity index (χ4n) is 2.36. The Morgan fingerprint density at radius 1 is 0.826 bits per heavy atom. The molecule has 23 heavy (non-hydrogen) atoms. The molecule has 0 heterocycles. The number of allylic oxidation sites excluding steroid dienone is 2. The minimum absolute atomic E-state index is 0.587. The molecule has 2 aromatic carbocycles. The van der Waals surface area contributed by atoms with Crippen molar-refractivity contribution in [2.24, 2.45) is 11.6 Å². The predicted octanol–water partition coefficient (Wildman–Crippen LogP) is 4.05.